The van der Waals surface area contributed by atoms with Crippen LogP contribution in [0.3, 0.4) is 0 Å². The van der Waals surface area contributed by atoms with Crippen molar-refractivity contribution in [3.63, 3.8) is 0 Å². The van der Waals surface area contributed by atoms with Crippen LogP contribution in [0.25, 0.3) is 0 Å². The number of hydrogen-bond acceptors (Lipinski definition) is 6. The van der Waals surface area contributed by atoms with E-state index in [0.717, 1.165) is 96.3 Å². The quantitative estimate of drug-likeness (QED) is 0.0262. The summed E-state index contributed by atoms with van der Waals surface area (Å²) in [6.07, 6.45) is 72.1. The van der Waals surface area contributed by atoms with Gasteiger partial charge in [0.2, 0.25) is 0 Å². The average molecular weight is 966 g/mol. The zero-order valence-corrected chi connectivity index (χ0v) is 45.8. The molecule has 0 aromatic heterocycles. The first-order valence-corrected chi connectivity index (χ1v) is 29.8. The number of hydrogen-bond donors (Lipinski definition) is 0. The van der Waals surface area contributed by atoms with E-state index < -0.39 is 6.10 Å². The Kier molecular flexibility index (Phi) is 55.3. The van der Waals surface area contributed by atoms with E-state index in [-0.39, 0.29) is 31.1 Å². The van der Waals surface area contributed by atoms with Crippen LogP contribution < -0.4 is 0 Å². The highest BCUT2D eigenvalue weighted by molar-refractivity contribution is 5.71. The van der Waals surface area contributed by atoms with Crippen molar-refractivity contribution in [2.45, 2.75) is 309 Å². The van der Waals surface area contributed by atoms with Gasteiger partial charge in [-0.1, -0.05) is 261 Å². The summed E-state index contributed by atoms with van der Waals surface area (Å²) in [5.74, 6) is -0.887. The fraction of sp³-hybridized carbons (Fsp3) is 0.794. The minimum absolute atomic E-state index is 0.0805. The maximum atomic E-state index is 12.9. The first kappa shape index (κ1) is 66.1. The maximum Gasteiger partial charge on any atom is 0.306 e. The molecule has 1 unspecified atom stereocenters. The number of ether oxygens (including phenoxy) is 3. The van der Waals surface area contributed by atoms with E-state index in [1.54, 1.807) is 0 Å². The second-order valence-corrected chi connectivity index (χ2v) is 19.9. The minimum atomic E-state index is -0.782. The summed E-state index contributed by atoms with van der Waals surface area (Å²) in [6, 6.07) is 0. The molecule has 69 heavy (non-hydrogen) atoms. The number of carbonyl (C=O) groups excluding carboxylic acids is 3. The van der Waals surface area contributed by atoms with Crippen LogP contribution in [0.4, 0.5) is 0 Å². The molecule has 0 bridgehead atoms. The van der Waals surface area contributed by atoms with Crippen molar-refractivity contribution in [1.29, 1.82) is 0 Å². The van der Waals surface area contributed by atoms with Gasteiger partial charge < -0.3 is 14.2 Å². The van der Waals surface area contributed by atoms with Crippen LogP contribution in [0.2, 0.25) is 0 Å². The molecule has 0 saturated heterocycles. The highest BCUT2D eigenvalue weighted by atomic mass is 16.6. The Balaban J connectivity index is 4.38. The summed E-state index contributed by atoms with van der Waals surface area (Å²) in [5, 5.41) is 0. The number of rotatable bonds is 54. The Morgan fingerprint density at radius 2 is 0.565 bits per heavy atom. The standard InChI is InChI=1S/C63H112O6/c1-4-7-10-13-16-19-22-25-28-30-32-34-35-38-41-44-47-50-53-56-62(65)68-59-60(58-67-61(64)55-52-49-46-43-40-37-27-24-21-18-15-12-9-6-3)69-63(66)57-54-51-48-45-42-39-36-33-31-29-26-23-20-17-14-11-8-5-2/h7,10,16,19,24-25,27-28,32,34,60H,4-6,8-9,11-15,17-18,20-23,26,29-31,33,35-59H2,1-3H3/b10-7-,19-16-,27-24-,28-25-,34-32-. The number of esters is 3. The van der Waals surface area contributed by atoms with Crippen molar-refractivity contribution >= 4 is 17.9 Å². The summed E-state index contributed by atoms with van der Waals surface area (Å²) in [7, 11) is 0. The molecule has 0 saturated carbocycles. The van der Waals surface area contributed by atoms with Crippen LogP contribution in [0.5, 0.6) is 0 Å². The largest absolute Gasteiger partial charge is 0.462 e. The molecule has 0 aromatic carbocycles. The van der Waals surface area contributed by atoms with Crippen molar-refractivity contribution in [1.82, 2.24) is 0 Å². The summed E-state index contributed by atoms with van der Waals surface area (Å²) < 4.78 is 16.9. The molecule has 0 N–H and O–H groups in total. The molecule has 0 aromatic rings. The van der Waals surface area contributed by atoms with Crippen LogP contribution in [-0.4, -0.2) is 37.2 Å². The Hall–Kier alpha value is -2.89. The van der Waals surface area contributed by atoms with Gasteiger partial charge in [0.25, 0.3) is 0 Å². The van der Waals surface area contributed by atoms with E-state index >= 15 is 0 Å². The lowest BCUT2D eigenvalue weighted by Gasteiger charge is -2.18. The van der Waals surface area contributed by atoms with Gasteiger partial charge in [0.05, 0.1) is 0 Å². The Bertz CT molecular complexity index is 1250. The highest BCUT2D eigenvalue weighted by Crippen LogP contribution is 2.16. The molecule has 6 nitrogen and oxygen atoms in total. The Morgan fingerprint density at radius 1 is 0.304 bits per heavy atom. The topological polar surface area (TPSA) is 78.9 Å². The van der Waals surface area contributed by atoms with Crippen LogP contribution in [0.1, 0.15) is 303 Å². The molecule has 400 valence electrons. The van der Waals surface area contributed by atoms with Gasteiger partial charge >= 0.3 is 17.9 Å². The molecule has 0 radical (unpaired) electrons. The van der Waals surface area contributed by atoms with Crippen molar-refractivity contribution in [2.24, 2.45) is 0 Å². The van der Waals surface area contributed by atoms with Gasteiger partial charge in [-0.3, -0.25) is 14.4 Å². The lowest BCUT2D eigenvalue weighted by molar-refractivity contribution is -0.167. The van der Waals surface area contributed by atoms with Crippen molar-refractivity contribution < 1.29 is 28.6 Å². The van der Waals surface area contributed by atoms with Crippen molar-refractivity contribution in [3.05, 3.63) is 60.8 Å². The normalized spacial score (nSPS) is 12.4. The van der Waals surface area contributed by atoms with Crippen LogP contribution in [0, 0.1) is 0 Å². The molecule has 0 heterocycles. The van der Waals surface area contributed by atoms with Crippen molar-refractivity contribution in [2.75, 3.05) is 13.2 Å². The summed E-state index contributed by atoms with van der Waals surface area (Å²) in [4.78, 5) is 38.2. The average Bonchev–Trinajstić information content (AvgIpc) is 3.35. The lowest BCUT2D eigenvalue weighted by atomic mass is 10.0. The molecule has 0 aliphatic heterocycles. The third-order valence-electron chi connectivity index (χ3n) is 13.0. The van der Waals surface area contributed by atoms with Crippen molar-refractivity contribution in [3.8, 4) is 0 Å². The number of carbonyl (C=O) groups is 3. The van der Waals surface area contributed by atoms with E-state index in [1.807, 2.05) is 0 Å². The van der Waals surface area contributed by atoms with E-state index in [1.165, 1.54) is 167 Å². The molecule has 0 fully saturated rings. The van der Waals surface area contributed by atoms with Gasteiger partial charge in [0.15, 0.2) is 6.10 Å². The summed E-state index contributed by atoms with van der Waals surface area (Å²) in [5.41, 5.74) is 0. The molecule has 0 rings (SSSR count). The molecule has 0 aliphatic carbocycles. The number of allylic oxidation sites excluding steroid dienone is 10. The number of unbranched alkanes of at least 4 members (excludes halogenated alkanes) is 33. The molecule has 0 aliphatic rings. The fourth-order valence-electron chi connectivity index (χ4n) is 8.55. The maximum absolute atomic E-state index is 12.9. The van der Waals surface area contributed by atoms with E-state index in [2.05, 4.69) is 81.5 Å². The van der Waals surface area contributed by atoms with Gasteiger partial charge in [-0.15, -0.1) is 0 Å². The molecular formula is C63H112O6. The van der Waals surface area contributed by atoms with Gasteiger partial charge in [-0.2, -0.15) is 0 Å². The minimum Gasteiger partial charge on any atom is -0.462 e. The monoisotopic (exact) mass is 965 g/mol. The second kappa shape index (κ2) is 57.7. The zero-order chi connectivity index (χ0) is 50.0. The first-order chi connectivity index (χ1) is 34.0. The van der Waals surface area contributed by atoms with E-state index in [9.17, 15) is 14.4 Å². The third-order valence-corrected chi connectivity index (χ3v) is 13.0. The smallest absolute Gasteiger partial charge is 0.306 e. The van der Waals surface area contributed by atoms with Gasteiger partial charge in [0.1, 0.15) is 13.2 Å². The molecule has 6 heteroatoms. The predicted molar refractivity (Wildman–Crippen MR) is 298 cm³/mol. The van der Waals surface area contributed by atoms with Gasteiger partial charge in [-0.25, -0.2) is 0 Å². The molecule has 0 amide bonds. The second-order valence-electron chi connectivity index (χ2n) is 19.9. The summed E-state index contributed by atoms with van der Waals surface area (Å²) in [6.45, 7) is 6.54. The Labute approximate surface area is 428 Å². The first-order valence-electron chi connectivity index (χ1n) is 29.8. The van der Waals surface area contributed by atoms with E-state index in [0.29, 0.717) is 19.3 Å². The fourth-order valence-corrected chi connectivity index (χ4v) is 8.55. The lowest BCUT2D eigenvalue weighted by Crippen LogP contribution is -2.30. The van der Waals surface area contributed by atoms with Gasteiger partial charge in [-0.05, 0) is 83.5 Å². The highest BCUT2D eigenvalue weighted by Gasteiger charge is 2.19. The molecule has 0 spiro atoms. The zero-order valence-electron chi connectivity index (χ0n) is 45.8. The van der Waals surface area contributed by atoms with Crippen LogP contribution in [0.15, 0.2) is 60.8 Å². The Morgan fingerprint density at radius 3 is 0.899 bits per heavy atom. The SMILES string of the molecule is CC/C=C\C/C=C\C/C=C\C/C=C\CCCCCCCCC(=O)OCC(COC(=O)CCCCCCC/C=C\CCCCCCC)OC(=O)CCCCCCCCCCCCCCCCCCCC. The van der Waals surface area contributed by atoms with E-state index in [4.69, 9.17) is 14.2 Å². The van der Waals surface area contributed by atoms with Crippen LogP contribution in [-0.2, 0) is 28.6 Å². The molecular weight excluding hydrogens is 853 g/mol. The summed E-state index contributed by atoms with van der Waals surface area (Å²) >= 11 is 0. The van der Waals surface area contributed by atoms with Gasteiger partial charge in [0, 0.05) is 19.3 Å². The predicted octanol–water partition coefficient (Wildman–Crippen LogP) is 20.0. The molecule has 1 atom stereocenters. The van der Waals surface area contributed by atoms with Crippen LogP contribution >= 0.6 is 0 Å². The third kappa shape index (κ3) is 55.9.